The highest BCUT2D eigenvalue weighted by Crippen LogP contribution is 2.20. The Morgan fingerprint density at radius 3 is 2.63 bits per heavy atom. The first kappa shape index (κ1) is 17.4. The Hall–Kier alpha value is -2.97. The average Bonchev–Trinajstić information content (AvgIpc) is 3.33. The van der Waals surface area contributed by atoms with Gasteiger partial charge in [-0.25, -0.2) is 9.18 Å². The fourth-order valence-electron chi connectivity index (χ4n) is 3.26. The summed E-state index contributed by atoms with van der Waals surface area (Å²) in [4.78, 5) is 12.7. The van der Waals surface area contributed by atoms with Gasteiger partial charge in [0, 0.05) is 24.6 Å². The van der Waals surface area contributed by atoms with Gasteiger partial charge in [0.15, 0.2) is 0 Å². The molecule has 1 saturated heterocycles. The lowest BCUT2D eigenvalue weighted by molar-refractivity contribution is 0.406. The van der Waals surface area contributed by atoms with E-state index in [1.54, 1.807) is 6.07 Å². The van der Waals surface area contributed by atoms with Gasteiger partial charge in [-0.05, 0) is 35.9 Å². The van der Waals surface area contributed by atoms with Gasteiger partial charge in [-0.3, -0.25) is 15.4 Å². The highest BCUT2D eigenvalue weighted by atomic mass is 19.1. The van der Waals surface area contributed by atoms with Crippen LogP contribution < -0.4 is 21.3 Å². The molecule has 0 saturated carbocycles. The van der Waals surface area contributed by atoms with E-state index in [4.69, 9.17) is 4.74 Å². The number of rotatable bonds is 5. The second-order valence-electron chi connectivity index (χ2n) is 6.46. The van der Waals surface area contributed by atoms with Gasteiger partial charge >= 0.3 is 5.69 Å². The third kappa shape index (κ3) is 3.49. The molecule has 0 aliphatic carbocycles. The lowest BCUT2D eigenvalue weighted by atomic mass is 10.0. The molecule has 7 nitrogen and oxygen atoms in total. The molecular formula is C19H20FN5O2. The second kappa shape index (κ2) is 7.34. The number of ether oxygens (including phenoxy) is 1. The number of hydrazine groups is 1. The topological polar surface area (TPSA) is 73.1 Å². The van der Waals surface area contributed by atoms with Crippen molar-refractivity contribution < 1.29 is 9.13 Å². The van der Waals surface area contributed by atoms with Crippen LogP contribution in [0.1, 0.15) is 17.0 Å². The van der Waals surface area contributed by atoms with Gasteiger partial charge in [0.05, 0.1) is 19.3 Å². The molecule has 0 spiro atoms. The number of nitrogens with zero attached hydrogens (tertiary/aromatic N) is 3. The highest BCUT2D eigenvalue weighted by Gasteiger charge is 2.16. The molecule has 1 aliphatic heterocycles. The van der Waals surface area contributed by atoms with Crippen molar-refractivity contribution in [3.8, 4) is 11.4 Å². The van der Waals surface area contributed by atoms with Gasteiger partial charge in [-0.2, -0.15) is 9.78 Å². The van der Waals surface area contributed by atoms with Crippen LogP contribution >= 0.6 is 0 Å². The van der Waals surface area contributed by atoms with Gasteiger partial charge in [-0.1, -0.05) is 12.1 Å². The summed E-state index contributed by atoms with van der Waals surface area (Å²) in [5.41, 5.74) is 8.39. The van der Waals surface area contributed by atoms with Gasteiger partial charge in [0.25, 0.3) is 0 Å². The molecule has 1 aliphatic rings. The van der Waals surface area contributed by atoms with Gasteiger partial charge in [0.2, 0.25) is 0 Å². The third-order valence-electron chi connectivity index (χ3n) is 4.75. The Bertz CT molecular complexity index is 990. The molecule has 0 bridgehead atoms. The fourth-order valence-corrected chi connectivity index (χ4v) is 3.26. The molecule has 27 heavy (non-hydrogen) atoms. The summed E-state index contributed by atoms with van der Waals surface area (Å²) in [6.07, 6.45) is 1.45. The number of aromatic nitrogens is 3. The molecule has 2 heterocycles. The van der Waals surface area contributed by atoms with Crippen LogP contribution in [0.2, 0.25) is 0 Å². The smallest absolute Gasteiger partial charge is 0.350 e. The maximum absolute atomic E-state index is 13.6. The first-order valence-corrected chi connectivity index (χ1v) is 8.68. The largest absolute Gasteiger partial charge is 0.496 e. The SMILES string of the molecule is COc1ccc(F)cc1Cn1cnn(-c2ccc(C3CNNC3)cc2)c1=O. The van der Waals surface area contributed by atoms with E-state index in [-0.39, 0.29) is 18.1 Å². The zero-order chi connectivity index (χ0) is 18.8. The molecule has 0 unspecified atom stereocenters. The van der Waals surface area contributed by atoms with Crippen LogP contribution in [0, 0.1) is 5.82 Å². The molecule has 2 aromatic carbocycles. The average molecular weight is 369 g/mol. The lowest BCUT2D eigenvalue weighted by Gasteiger charge is -2.09. The number of nitrogens with one attached hydrogen (secondary N) is 2. The summed E-state index contributed by atoms with van der Waals surface area (Å²) >= 11 is 0. The Morgan fingerprint density at radius 2 is 1.93 bits per heavy atom. The summed E-state index contributed by atoms with van der Waals surface area (Å²) in [6.45, 7) is 1.93. The van der Waals surface area contributed by atoms with E-state index in [9.17, 15) is 9.18 Å². The quantitative estimate of drug-likeness (QED) is 0.712. The number of hydrogen-bond acceptors (Lipinski definition) is 5. The van der Waals surface area contributed by atoms with E-state index < -0.39 is 0 Å². The van der Waals surface area contributed by atoms with Crippen LogP contribution in [-0.4, -0.2) is 34.5 Å². The number of hydrogen-bond donors (Lipinski definition) is 2. The summed E-state index contributed by atoms with van der Waals surface area (Å²) in [5, 5.41) is 4.20. The van der Waals surface area contributed by atoms with Crippen molar-refractivity contribution in [3.05, 3.63) is 76.2 Å². The maximum atomic E-state index is 13.6. The Balaban J connectivity index is 1.59. The van der Waals surface area contributed by atoms with Gasteiger partial charge in [0.1, 0.15) is 17.9 Å². The van der Waals surface area contributed by atoms with Crippen molar-refractivity contribution in [1.29, 1.82) is 0 Å². The normalized spacial score (nSPS) is 14.6. The Morgan fingerprint density at radius 1 is 1.19 bits per heavy atom. The molecule has 3 aromatic rings. The predicted molar refractivity (Wildman–Crippen MR) is 98.6 cm³/mol. The van der Waals surface area contributed by atoms with E-state index in [0.29, 0.717) is 22.9 Å². The van der Waals surface area contributed by atoms with Crippen LogP contribution in [0.15, 0.2) is 53.6 Å². The zero-order valence-electron chi connectivity index (χ0n) is 14.9. The van der Waals surface area contributed by atoms with Gasteiger partial charge < -0.3 is 4.74 Å². The molecule has 2 N–H and O–H groups in total. The fraction of sp³-hybridized carbons (Fsp3) is 0.263. The number of benzene rings is 2. The van der Waals surface area contributed by atoms with E-state index in [2.05, 4.69) is 16.0 Å². The van der Waals surface area contributed by atoms with Crippen molar-refractivity contribution in [2.75, 3.05) is 20.2 Å². The number of halogens is 1. The monoisotopic (exact) mass is 369 g/mol. The molecule has 0 atom stereocenters. The third-order valence-corrected chi connectivity index (χ3v) is 4.75. The number of methoxy groups -OCH3 is 1. The van der Waals surface area contributed by atoms with Crippen LogP contribution in [0.25, 0.3) is 5.69 Å². The van der Waals surface area contributed by atoms with Crippen molar-refractivity contribution in [1.82, 2.24) is 25.2 Å². The molecule has 4 rings (SSSR count). The molecule has 1 aromatic heterocycles. The molecule has 0 radical (unpaired) electrons. The molecule has 0 amide bonds. The predicted octanol–water partition coefficient (Wildman–Crippen LogP) is 1.42. The molecule has 1 fully saturated rings. The van der Waals surface area contributed by atoms with Crippen molar-refractivity contribution >= 4 is 0 Å². The molecular weight excluding hydrogens is 349 g/mol. The van der Waals surface area contributed by atoms with E-state index >= 15 is 0 Å². The minimum absolute atomic E-state index is 0.178. The Labute approximate surface area is 155 Å². The lowest BCUT2D eigenvalue weighted by Crippen LogP contribution is -2.24. The van der Waals surface area contributed by atoms with Crippen molar-refractivity contribution in [3.63, 3.8) is 0 Å². The maximum Gasteiger partial charge on any atom is 0.350 e. The summed E-state index contributed by atoms with van der Waals surface area (Å²) < 4.78 is 21.6. The summed E-state index contributed by atoms with van der Waals surface area (Å²) in [6, 6.07) is 12.0. The van der Waals surface area contributed by atoms with Crippen molar-refractivity contribution in [2.45, 2.75) is 12.5 Å². The van der Waals surface area contributed by atoms with Crippen LogP contribution in [0.5, 0.6) is 5.75 Å². The van der Waals surface area contributed by atoms with Crippen LogP contribution in [0.3, 0.4) is 0 Å². The second-order valence-corrected chi connectivity index (χ2v) is 6.46. The standard InChI is InChI=1S/C19H20FN5O2/c1-27-18-7-4-16(20)8-14(18)11-24-12-23-25(19(24)26)17-5-2-13(3-6-17)15-9-21-22-10-15/h2-8,12,15,21-22H,9-11H2,1H3. The van der Waals surface area contributed by atoms with Crippen molar-refractivity contribution in [2.24, 2.45) is 0 Å². The zero-order valence-corrected chi connectivity index (χ0v) is 14.9. The van der Waals surface area contributed by atoms with Gasteiger partial charge in [-0.15, -0.1) is 0 Å². The Kier molecular flexibility index (Phi) is 4.74. The highest BCUT2D eigenvalue weighted by molar-refractivity contribution is 5.36. The molecule has 140 valence electrons. The summed E-state index contributed by atoms with van der Waals surface area (Å²) in [5.74, 6) is 0.561. The first-order chi connectivity index (χ1) is 13.2. The first-order valence-electron chi connectivity index (χ1n) is 8.68. The van der Waals surface area contributed by atoms with E-state index in [1.165, 1.54) is 40.4 Å². The van der Waals surface area contributed by atoms with Crippen LogP contribution in [0.4, 0.5) is 4.39 Å². The van der Waals surface area contributed by atoms with E-state index in [0.717, 1.165) is 13.1 Å². The molecule has 8 heteroatoms. The van der Waals surface area contributed by atoms with Crippen LogP contribution in [-0.2, 0) is 6.54 Å². The minimum Gasteiger partial charge on any atom is -0.496 e. The van der Waals surface area contributed by atoms with E-state index in [1.807, 2.05) is 24.3 Å². The summed E-state index contributed by atoms with van der Waals surface area (Å²) in [7, 11) is 1.51. The minimum atomic E-state index is -0.377.